The molecule has 0 atom stereocenters. The van der Waals surface area contributed by atoms with Crippen LogP contribution in [-0.2, 0) is 16.0 Å². The molecule has 0 bridgehead atoms. The van der Waals surface area contributed by atoms with Gasteiger partial charge in [0.25, 0.3) is 5.91 Å². The lowest BCUT2D eigenvalue weighted by molar-refractivity contribution is -0.122. The van der Waals surface area contributed by atoms with E-state index in [1.807, 2.05) is 18.2 Å². The number of hydrogen-bond donors (Lipinski definition) is 1. The topological polar surface area (TPSA) is 49.4 Å². The highest BCUT2D eigenvalue weighted by Gasteiger charge is 2.31. The summed E-state index contributed by atoms with van der Waals surface area (Å²) in [4.78, 5) is 27.0. The second-order valence-electron chi connectivity index (χ2n) is 6.71. The predicted molar refractivity (Wildman–Crippen MR) is 130 cm³/mol. The molecule has 0 aromatic heterocycles. The number of hydrogen-bond acceptors (Lipinski definition) is 4. The molecule has 2 aromatic rings. The monoisotopic (exact) mass is 478 g/mol. The van der Waals surface area contributed by atoms with Crippen LogP contribution in [0.15, 0.2) is 47.4 Å². The first-order valence-corrected chi connectivity index (χ1v) is 11.4. The van der Waals surface area contributed by atoms with Gasteiger partial charge in [-0.2, -0.15) is 0 Å². The molecule has 30 heavy (non-hydrogen) atoms. The highest BCUT2D eigenvalue weighted by molar-refractivity contribution is 8.26. The summed E-state index contributed by atoms with van der Waals surface area (Å²) in [7, 11) is 0. The number of aryl methyl sites for hydroxylation is 1. The molecule has 4 nitrogen and oxygen atoms in total. The van der Waals surface area contributed by atoms with Gasteiger partial charge in [-0.3, -0.25) is 14.5 Å². The molecule has 1 saturated heterocycles. The van der Waals surface area contributed by atoms with Gasteiger partial charge < -0.3 is 5.32 Å². The molecule has 1 aliphatic heterocycles. The van der Waals surface area contributed by atoms with Crippen molar-refractivity contribution in [1.29, 1.82) is 0 Å². The first kappa shape index (κ1) is 22.8. The fourth-order valence-corrected chi connectivity index (χ4v) is 4.50. The maximum atomic E-state index is 12.7. The third kappa shape index (κ3) is 5.85. The van der Waals surface area contributed by atoms with Crippen LogP contribution in [0, 0.1) is 0 Å². The fraction of sp³-hybridized carbons (Fsp3) is 0.227. The van der Waals surface area contributed by atoms with Gasteiger partial charge in [0.2, 0.25) is 5.91 Å². The average molecular weight is 479 g/mol. The Hall–Kier alpha value is -1.86. The van der Waals surface area contributed by atoms with Crippen molar-refractivity contribution in [2.24, 2.45) is 0 Å². The largest absolute Gasteiger partial charge is 0.326 e. The highest BCUT2D eigenvalue weighted by atomic mass is 35.5. The van der Waals surface area contributed by atoms with Crippen molar-refractivity contribution in [2.45, 2.75) is 26.2 Å². The number of halogens is 2. The predicted octanol–water partition coefficient (Wildman–Crippen LogP) is 6.18. The Morgan fingerprint density at radius 3 is 2.57 bits per heavy atom. The average Bonchev–Trinajstić information content (AvgIpc) is 2.98. The van der Waals surface area contributed by atoms with E-state index in [-0.39, 0.29) is 18.2 Å². The number of nitrogens with one attached hydrogen (secondary N) is 1. The molecule has 3 rings (SSSR count). The zero-order valence-electron chi connectivity index (χ0n) is 16.3. The van der Waals surface area contributed by atoms with E-state index in [9.17, 15) is 9.59 Å². The normalized spacial score (nSPS) is 15.2. The van der Waals surface area contributed by atoms with Gasteiger partial charge in [0.1, 0.15) is 4.32 Å². The fourth-order valence-electron chi connectivity index (χ4n) is 2.89. The van der Waals surface area contributed by atoms with Gasteiger partial charge in [0, 0.05) is 18.7 Å². The number of anilines is 1. The molecular formula is C22H20Cl2N2O2S2. The minimum absolute atomic E-state index is 0.116. The second kappa shape index (κ2) is 10.4. The Morgan fingerprint density at radius 1 is 1.17 bits per heavy atom. The van der Waals surface area contributed by atoms with Crippen molar-refractivity contribution < 1.29 is 9.59 Å². The van der Waals surface area contributed by atoms with Gasteiger partial charge in [0.05, 0.1) is 15.0 Å². The van der Waals surface area contributed by atoms with Crippen LogP contribution in [0.1, 0.15) is 30.9 Å². The van der Waals surface area contributed by atoms with Gasteiger partial charge in [-0.25, -0.2) is 0 Å². The van der Waals surface area contributed by atoms with Gasteiger partial charge in [-0.1, -0.05) is 78.4 Å². The number of thioether (sulfide) groups is 1. The third-order valence-corrected chi connectivity index (χ3v) is 6.67. The van der Waals surface area contributed by atoms with Crippen LogP contribution in [0.25, 0.3) is 6.08 Å². The quantitative estimate of drug-likeness (QED) is 0.381. The van der Waals surface area contributed by atoms with Crippen LogP contribution in [0.2, 0.25) is 10.0 Å². The van der Waals surface area contributed by atoms with Crippen molar-refractivity contribution in [2.75, 3.05) is 11.9 Å². The summed E-state index contributed by atoms with van der Waals surface area (Å²) in [5.74, 6) is -0.278. The summed E-state index contributed by atoms with van der Waals surface area (Å²) < 4.78 is 0.515. The number of carbonyl (C=O) groups excluding carboxylic acids is 2. The van der Waals surface area contributed by atoms with Gasteiger partial charge in [0.15, 0.2) is 0 Å². The molecule has 0 aliphatic carbocycles. The van der Waals surface area contributed by atoms with Crippen molar-refractivity contribution in [3.63, 3.8) is 0 Å². The number of amides is 2. The minimum Gasteiger partial charge on any atom is -0.326 e. The van der Waals surface area contributed by atoms with Crippen molar-refractivity contribution in [1.82, 2.24) is 4.90 Å². The molecule has 2 amide bonds. The molecule has 0 spiro atoms. The van der Waals surface area contributed by atoms with Crippen molar-refractivity contribution in [3.05, 3.63) is 68.5 Å². The standard InChI is InChI=1S/C22H20Cl2N2O2S2/c1-2-14-5-7-15(8-6-14)12-19-21(28)26(22(29)30-19)11-3-4-20(27)25-16-9-10-17(23)18(24)13-16/h5-10,12-13H,2-4,11H2,1H3,(H,25,27)/b19-12-. The molecule has 156 valence electrons. The zero-order chi connectivity index (χ0) is 21.7. The summed E-state index contributed by atoms with van der Waals surface area (Å²) >= 11 is 18.5. The van der Waals surface area contributed by atoms with E-state index in [1.165, 1.54) is 17.3 Å². The lowest BCUT2D eigenvalue weighted by Crippen LogP contribution is -2.29. The molecule has 1 aliphatic rings. The SMILES string of the molecule is CCc1ccc(/C=C2\SC(=S)N(CCCC(=O)Nc3ccc(Cl)c(Cl)c3)C2=O)cc1. The smallest absolute Gasteiger partial charge is 0.266 e. The second-order valence-corrected chi connectivity index (χ2v) is 9.20. The maximum absolute atomic E-state index is 12.7. The molecule has 0 unspecified atom stereocenters. The summed E-state index contributed by atoms with van der Waals surface area (Å²) in [5.41, 5.74) is 2.80. The Morgan fingerprint density at radius 2 is 1.90 bits per heavy atom. The zero-order valence-corrected chi connectivity index (χ0v) is 19.4. The Balaban J connectivity index is 1.53. The third-order valence-electron chi connectivity index (χ3n) is 4.55. The summed E-state index contributed by atoms with van der Waals surface area (Å²) in [6.45, 7) is 2.50. The summed E-state index contributed by atoms with van der Waals surface area (Å²) in [6, 6.07) is 13.0. The van der Waals surface area contributed by atoms with Crippen LogP contribution in [-0.4, -0.2) is 27.6 Å². The molecule has 2 aromatic carbocycles. The molecule has 0 radical (unpaired) electrons. The van der Waals surface area contributed by atoms with E-state index in [0.29, 0.717) is 37.9 Å². The highest BCUT2D eigenvalue weighted by Crippen LogP contribution is 2.33. The molecule has 8 heteroatoms. The van der Waals surface area contributed by atoms with E-state index in [2.05, 4.69) is 24.4 Å². The van der Waals surface area contributed by atoms with Crippen LogP contribution in [0.4, 0.5) is 5.69 Å². The van der Waals surface area contributed by atoms with E-state index < -0.39 is 0 Å². The van der Waals surface area contributed by atoms with Gasteiger partial charge >= 0.3 is 0 Å². The van der Waals surface area contributed by atoms with Crippen LogP contribution in [0.3, 0.4) is 0 Å². The molecule has 0 saturated carbocycles. The number of nitrogens with zero attached hydrogens (tertiary/aromatic N) is 1. The van der Waals surface area contributed by atoms with Crippen LogP contribution in [0.5, 0.6) is 0 Å². The molecule has 1 heterocycles. The molecule has 1 fully saturated rings. The number of rotatable bonds is 7. The lowest BCUT2D eigenvalue weighted by Gasteiger charge is -2.14. The van der Waals surface area contributed by atoms with Crippen LogP contribution < -0.4 is 5.32 Å². The summed E-state index contributed by atoms with van der Waals surface area (Å²) in [6.07, 6.45) is 3.59. The summed E-state index contributed by atoms with van der Waals surface area (Å²) in [5, 5.41) is 3.58. The van der Waals surface area contributed by atoms with Gasteiger partial charge in [-0.15, -0.1) is 0 Å². The van der Waals surface area contributed by atoms with Crippen molar-refractivity contribution in [3.8, 4) is 0 Å². The first-order valence-electron chi connectivity index (χ1n) is 9.46. The number of thiocarbonyl (C=S) groups is 1. The molecular weight excluding hydrogens is 459 g/mol. The first-order chi connectivity index (χ1) is 14.4. The van der Waals surface area contributed by atoms with Crippen LogP contribution >= 0.6 is 47.2 Å². The minimum atomic E-state index is -0.162. The number of benzene rings is 2. The Labute approximate surface area is 195 Å². The number of carbonyl (C=O) groups is 2. The lowest BCUT2D eigenvalue weighted by atomic mass is 10.1. The maximum Gasteiger partial charge on any atom is 0.266 e. The Kier molecular flexibility index (Phi) is 7.94. The molecule has 1 N–H and O–H groups in total. The van der Waals surface area contributed by atoms with Gasteiger partial charge in [-0.05, 0) is 48.2 Å². The van der Waals surface area contributed by atoms with E-state index in [0.717, 1.165) is 12.0 Å². The van der Waals surface area contributed by atoms with E-state index in [1.54, 1.807) is 23.1 Å². The van der Waals surface area contributed by atoms with E-state index >= 15 is 0 Å². The Bertz CT molecular complexity index is 1010. The van der Waals surface area contributed by atoms with E-state index in [4.69, 9.17) is 35.4 Å². The van der Waals surface area contributed by atoms with Crippen molar-refractivity contribution >= 4 is 75.1 Å².